The van der Waals surface area contributed by atoms with E-state index in [1.165, 1.54) is 0 Å². The highest BCUT2D eigenvalue weighted by molar-refractivity contribution is 5.49. The lowest BCUT2D eigenvalue weighted by Crippen LogP contribution is -2.12. The van der Waals surface area contributed by atoms with Gasteiger partial charge in [0.15, 0.2) is 0 Å². The van der Waals surface area contributed by atoms with Gasteiger partial charge in [-0.1, -0.05) is 13.3 Å². The Bertz CT molecular complexity index is 351. The maximum atomic E-state index is 5.67. The van der Waals surface area contributed by atoms with E-state index in [-0.39, 0.29) is 0 Å². The molecule has 5 nitrogen and oxygen atoms in total. The van der Waals surface area contributed by atoms with Crippen LogP contribution in [0.4, 0.5) is 11.8 Å². The third-order valence-corrected chi connectivity index (χ3v) is 2.68. The Morgan fingerprint density at radius 2 is 2.00 bits per heavy atom. The summed E-state index contributed by atoms with van der Waals surface area (Å²) in [6.07, 6.45) is 4.12. The fourth-order valence-corrected chi connectivity index (χ4v) is 1.73. The highest BCUT2D eigenvalue weighted by Gasteiger charge is 2.09. The Hall–Kier alpha value is -1.36. The van der Waals surface area contributed by atoms with Gasteiger partial charge in [-0.25, -0.2) is 4.98 Å². The van der Waals surface area contributed by atoms with Crippen molar-refractivity contribution in [3.05, 3.63) is 11.3 Å². The topological polar surface area (TPSA) is 89.8 Å². The molecular formula is C12H23N5. The Labute approximate surface area is 103 Å². The first kappa shape index (κ1) is 13.7. The minimum atomic E-state index is 0.331. The fourth-order valence-electron chi connectivity index (χ4n) is 1.73. The van der Waals surface area contributed by atoms with Crippen LogP contribution in [0.15, 0.2) is 0 Å². The average Bonchev–Trinajstić information content (AvgIpc) is 2.28. The number of hydrogen-bond donors (Lipinski definition) is 3. The Kier molecular flexibility index (Phi) is 5.69. The molecule has 0 aliphatic carbocycles. The number of unbranched alkanes of at least 4 members (excludes halogenated alkanes) is 1. The van der Waals surface area contributed by atoms with E-state index in [2.05, 4.69) is 22.2 Å². The molecule has 0 fully saturated rings. The molecular weight excluding hydrogens is 214 g/mol. The number of rotatable bonds is 7. The number of nitrogens with one attached hydrogen (secondary N) is 1. The number of hydrogen-bond acceptors (Lipinski definition) is 5. The van der Waals surface area contributed by atoms with Crippen LogP contribution in [0.2, 0.25) is 0 Å². The zero-order valence-electron chi connectivity index (χ0n) is 10.8. The molecule has 96 valence electrons. The van der Waals surface area contributed by atoms with Crippen molar-refractivity contribution in [3.63, 3.8) is 0 Å². The minimum Gasteiger partial charge on any atom is -0.370 e. The van der Waals surface area contributed by atoms with E-state index in [0.29, 0.717) is 12.5 Å². The molecule has 0 atom stereocenters. The van der Waals surface area contributed by atoms with Gasteiger partial charge >= 0.3 is 0 Å². The predicted octanol–water partition coefficient (Wildman–Crippen LogP) is 1.47. The van der Waals surface area contributed by atoms with Crippen molar-refractivity contribution in [2.24, 2.45) is 5.73 Å². The Balaban J connectivity index is 2.82. The second-order valence-electron chi connectivity index (χ2n) is 4.17. The van der Waals surface area contributed by atoms with Crippen molar-refractivity contribution in [2.45, 2.75) is 39.5 Å². The summed E-state index contributed by atoms with van der Waals surface area (Å²) in [4.78, 5) is 8.47. The van der Waals surface area contributed by atoms with Gasteiger partial charge < -0.3 is 16.8 Å². The Morgan fingerprint density at radius 3 is 2.65 bits per heavy atom. The molecule has 0 aromatic carbocycles. The number of nitrogens with zero attached hydrogens (tertiary/aromatic N) is 2. The molecule has 5 heteroatoms. The predicted molar refractivity (Wildman–Crippen MR) is 72.0 cm³/mol. The van der Waals surface area contributed by atoms with Crippen molar-refractivity contribution in [3.8, 4) is 0 Å². The number of aromatic nitrogens is 2. The van der Waals surface area contributed by atoms with Crippen molar-refractivity contribution in [2.75, 3.05) is 24.1 Å². The molecule has 0 saturated heterocycles. The summed E-state index contributed by atoms with van der Waals surface area (Å²) in [5, 5.41) is 3.33. The molecule has 1 aromatic rings. The van der Waals surface area contributed by atoms with E-state index in [1.54, 1.807) is 0 Å². The zero-order valence-corrected chi connectivity index (χ0v) is 10.8. The Morgan fingerprint density at radius 1 is 1.24 bits per heavy atom. The third-order valence-electron chi connectivity index (χ3n) is 2.68. The first-order valence-corrected chi connectivity index (χ1v) is 6.26. The van der Waals surface area contributed by atoms with Crippen LogP contribution in [0.5, 0.6) is 0 Å². The first-order chi connectivity index (χ1) is 8.19. The molecule has 1 heterocycles. The van der Waals surface area contributed by atoms with Gasteiger partial charge in [0.25, 0.3) is 0 Å². The average molecular weight is 237 g/mol. The van der Waals surface area contributed by atoms with Gasteiger partial charge in [-0.3, -0.25) is 0 Å². The van der Waals surface area contributed by atoms with Crippen LogP contribution >= 0.6 is 0 Å². The van der Waals surface area contributed by atoms with Gasteiger partial charge in [0.1, 0.15) is 5.82 Å². The summed E-state index contributed by atoms with van der Waals surface area (Å²) < 4.78 is 0. The van der Waals surface area contributed by atoms with Crippen molar-refractivity contribution in [1.29, 1.82) is 0 Å². The van der Waals surface area contributed by atoms with Crippen LogP contribution in [0, 0.1) is 6.92 Å². The lowest BCUT2D eigenvalue weighted by molar-refractivity contribution is 0.803. The zero-order chi connectivity index (χ0) is 12.7. The minimum absolute atomic E-state index is 0.331. The van der Waals surface area contributed by atoms with Crippen LogP contribution in [-0.2, 0) is 6.42 Å². The van der Waals surface area contributed by atoms with Gasteiger partial charge in [-0.15, -0.1) is 0 Å². The highest BCUT2D eigenvalue weighted by Crippen LogP contribution is 2.19. The maximum absolute atomic E-state index is 5.67. The molecule has 0 aliphatic heterocycles. The van der Waals surface area contributed by atoms with Gasteiger partial charge in [-0.05, 0) is 32.7 Å². The first-order valence-electron chi connectivity index (χ1n) is 6.26. The summed E-state index contributed by atoms with van der Waals surface area (Å²) in [6, 6.07) is 0. The summed E-state index contributed by atoms with van der Waals surface area (Å²) in [7, 11) is 0. The van der Waals surface area contributed by atoms with Gasteiger partial charge in [0, 0.05) is 17.8 Å². The SMILES string of the molecule is CCCCNc1nc(N)nc(C)c1CCCN. The number of nitrogen functional groups attached to an aromatic ring is 1. The van der Waals surface area contributed by atoms with Crippen LogP contribution < -0.4 is 16.8 Å². The highest BCUT2D eigenvalue weighted by atomic mass is 15.1. The molecule has 5 N–H and O–H groups in total. The molecule has 1 rings (SSSR count). The second kappa shape index (κ2) is 7.06. The lowest BCUT2D eigenvalue weighted by atomic mass is 10.1. The van der Waals surface area contributed by atoms with Crippen LogP contribution in [-0.4, -0.2) is 23.1 Å². The summed E-state index contributed by atoms with van der Waals surface area (Å²) in [5.74, 6) is 1.20. The quantitative estimate of drug-likeness (QED) is 0.625. The lowest BCUT2D eigenvalue weighted by Gasteiger charge is -2.13. The molecule has 1 aromatic heterocycles. The van der Waals surface area contributed by atoms with E-state index >= 15 is 0 Å². The monoisotopic (exact) mass is 237 g/mol. The molecule has 0 radical (unpaired) electrons. The standard InChI is InChI=1S/C12H23N5/c1-3-4-8-15-11-10(6-5-7-13)9(2)16-12(14)17-11/h3-8,13H2,1-2H3,(H3,14,15,16,17). The van der Waals surface area contributed by atoms with Crippen molar-refractivity contribution >= 4 is 11.8 Å². The van der Waals surface area contributed by atoms with Gasteiger partial charge in [-0.2, -0.15) is 4.98 Å². The van der Waals surface area contributed by atoms with Crippen molar-refractivity contribution in [1.82, 2.24) is 9.97 Å². The van der Waals surface area contributed by atoms with E-state index in [1.807, 2.05) is 6.92 Å². The fraction of sp³-hybridized carbons (Fsp3) is 0.667. The van der Waals surface area contributed by atoms with E-state index in [4.69, 9.17) is 11.5 Å². The molecule has 0 aliphatic rings. The van der Waals surface area contributed by atoms with E-state index in [9.17, 15) is 0 Å². The number of aryl methyl sites for hydroxylation is 1. The number of anilines is 2. The van der Waals surface area contributed by atoms with E-state index < -0.39 is 0 Å². The molecule has 0 unspecified atom stereocenters. The molecule has 0 saturated carbocycles. The molecule has 0 spiro atoms. The summed E-state index contributed by atoms with van der Waals surface area (Å²) in [5.41, 5.74) is 13.3. The van der Waals surface area contributed by atoms with Crippen LogP contribution in [0.25, 0.3) is 0 Å². The number of nitrogens with two attached hydrogens (primary N) is 2. The molecule has 0 bridgehead atoms. The van der Waals surface area contributed by atoms with Gasteiger partial charge in [0.05, 0.1) is 0 Å². The third kappa shape index (κ3) is 4.19. The second-order valence-corrected chi connectivity index (χ2v) is 4.17. The van der Waals surface area contributed by atoms with E-state index in [0.717, 1.165) is 49.3 Å². The summed E-state index contributed by atoms with van der Waals surface area (Å²) in [6.45, 7) is 5.73. The summed E-state index contributed by atoms with van der Waals surface area (Å²) >= 11 is 0. The largest absolute Gasteiger partial charge is 0.370 e. The smallest absolute Gasteiger partial charge is 0.222 e. The van der Waals surface area contributed by atoms with Gasteiger partial charge in [0.2, 0.25) is 5.95 Å². The normalized spacial score (nSPS) is 10.5. The van der Waals surface area contributed by atoms with Crippen LogP contribution in [0.1, 0.15) is 37.4 Å². The maximum Gasteiger partial charge on any atom is 0.222 e. The molecule has 0 amide bonds. The van der Waals surface area contributed by atoms with Crippen molar-refractivity contribution < 1.29 is 0 Å². The molecule has 17 heavy (non-hydrogen) atoms. The van der Waals surface area contributed by atoms with Crippen LogP contribution in [0.3, 0.4) is 0 Å².